The van der Waals surface area contributed by atoms with Crippen LogP contribution in [0.25, 0.3) is 0 Å². The summed E-state index contributed by atoms with van der Waals surface area (Å²) >= 11 is 5.29. The van der Waals surface area contributed by atoms with Crippen molar-refractivity contribution < 1.29 is 4.74 Å². The average molecular weight is 264 g/mol. The molecule has 1 aliphatic rings. The smallest absolute Gasteiger partial charge is 0.170 e. The van der Waals surface area contributed by atoms with Crippen molar-refractivity contribution in [3.8, 4) is 0 Å². The summed E-state index contributed by atoms with van der Waals surface area (Å²) in [5, 5.41) is 7.10. The number of hydrogen-bond donors (Lipinski definition) is 2. The summed E-state index contributed by atoms with van der Waals surface area (Å²) in [6, 6.07) is 6.29. The van der Waals surface area contributed by atoms with E-state index in [-0.39, 0.29) is 0 Å². The molecule has 0 unspecified atom stereocenters. The summed E-state index contributed by atoms with van der Waals surface area (Å²) < 4.78 is 5.54. The Morgan fingerprint density at radius 1 is 1.44 bits per heavy atom. The molecule has 2 rings (SSSR count). The average Bonchev–Trinajstić information content (AvgIpc) is 2.83. The molecule has 0 aliphatic carbocycles. The second-order valence-corrected chi connectivity index (χ2v) is 5.20. The topological polar surface area (TPSA) is 33.3 Å². The Morgan fingerprint density at radius 2 is 2.28 bits per heavy atom. The number of ether oxygens (including phenoxy) is 1. The molecule has 4 heteroatoms. The van der Waals surface area contributed by atoms with Crippen LogP contribution in [0.15, 0.2) is 18.2 Å². The van der Waals surface area contributed by atoms with Crippen LogP contribution in [0.2, 0.25) is 0 Å². The van der Waals surface area contributed by atoms with Crippen LogP contribution in [-0.2, 0) is 4.74 Å². The van der Waals surface area contributed by atoms with Crippen LogP contribution in [0, 0.1) is 13.8 Å². The number of nitrogens with one attached hydrogen (secondary N) is 2. The lowest BCUT2D eigenvalue weighted by atomic mass is 10.1. The fourth-order valence-electron chi connectivity index (χ4n) is 2.13. The zero-order valence-corrected chi connectivity index (χ0v) is 11.8. The van der Waals surface area contributed by atoms with E-state index in [4.69, 9.17) is 17.0 Å². The monoisotopic (exact) mass is 264 g/mol. The highest BCUT2D eigenvalue weighted by Crippen LogP contribution is 2.16. The fourth-order valence-corrected chi connectivity index (χ4v) is 2.33. The van der Waals surface area contributed by atoms with E-state index in [0.717, 1.165) is 31.7 Å². The van der Waals surface area contributed by atoms with Gasteiger partial charge in [-0.3, -0.25) is 0 Å². The highest BCUT2D eigenvalue weighted by Gasteiger charge is 2.15. The van der Waals surface area contributed by atoms with Crippen molar-refractivity contribution >= 4 is 23.0 Å². The first kappa shape index (κ1) is 13.3. The maximum atomic E-state index is 5.54. The van der Waals surface area contributed by atoms with Crippen molar-refractivity contribution in [1.29, 1.82) is 0 Å². The minimum absolute atomic E-state index is 0.309. The van der Waals surface area contributed by atoms with Crippen LogP contribution < -0.4 is 10.6 Å². The normalized spacial score (nSPS) is 18.7. The summed E-state index contributed by atoms with van der Waals surface area (Å²) in [5.74, 6) is 0. The van der Waals surface area contributed by atoms with E-state index in [2.05, 4.69) is 42.7 Å². The second kappa shape index (κ2) is 6.16. The molecular formula is C14H20N2OS. The van der Waals surface area contributed by atoms with Gasteiger partial charge in [0.1, 0.15) is 0 Å². The summed E-state index contributed by atoms with van der Waals surface area (Å²) in [6.45, 7) is 5.84. The maximum Gasteiger partial charge on any atom is 0.170 e. The zero-order chi connectivity index (χ0) is 13.0. The fraction of sp³-hybridized carbons (Fsp3) is 0.500. The molecule has 1 atom stereocenters. The van der Waals surface area contributed by atoms with E-state index >= 15 is 0 Å². The Hall–Kier alpha value is -1.13. The molecule has 1 aliphatic heterocycles. The SMILES string of the molecule is Cc1ccc(NC(=S)NC[C@@H]2CCCO2)c(C)c1. The minimum Gasteiger partial charge on any atom is -0.376 e. The molecule has 0 saturated carbocycles. The Morgan fingerprint density at radius 3 is 2.94 bits per heavy atom. The van der Waals surface area contributed by atoms with Gasteiger partial charge in [-0.25, -0.2) is 0 Å². The molecule has 18 heavy (non-hydrogen) atoms. The Labute approximate surface area is 114 Å². The number of thiocarbonyl (C=S) groups is 1. The quantitative estimate of drug-likeness (QED) is 0.823. The molecule has 1 aromatic carbocycles. The second-order valence-electron chi connectivity index (χ2n) is 4.79. The van der Waals surface area contributed by atoms with Gasteiger partial charge in [0.25, 0.3) is 0 Å². The Kier molecular flexibility index (Phi) is 4.55. The lowest BCUT2D eigenvalue weighted by Crippen LogP contribution is -2.34. The Balaban J connectivity index is 1.82. The molecule has 0 bridgehead atoms. The maximum absolute atomic E-state index is 5.54. The van der Waals surface area contributed by atoms with E-state index in [9.17, 15) is 0 Å². The van der Waals surface area contributed by atoms with Crippen molar-refractivity contribution in [1.82, 2.24) is 5.32 Å². The first-order chi connectivity index (χ1) is 8.65. The van der Waals surface area contributed by atoms with Crippen molar-refractivity contribution in [2.45, 2.75) is 32.8 Å². The van der Waals surface area contributed by atoms with Crippen molar-refractivity contribution in [2.24, 2.45) is 0 Å². The molecule has 0 aromatic heterocycles. The van der Waals surface area contributed by atoms with Gasteiger partial charge < -0.3 is 15.4 Å². The van der Waals surface area contributed by atoms with Gasteiger partial charge in [-0.1, -0.05) is 17.7 Å². The number of aryl methyl sites for hydroxylation is 2. The molecule has 98 valence electrons. The lowest BCUT2D eigenvalue weighted by molar-refractivity contribution is 0.114. The summed E-state index contributed by atoms with van der Waals surface area (Å²) in [4.78, 5) is 0. The van der Waals surface area contributed by atoms with Crippen LogP contribution >= 0.6 is 12.2 Å². The highest BCUT2D eigenvalue weighted by atomic mass is 32.1. The van der Waals surface area contributed by atoms with Gasteiger partial charge >= 0.3 is 0 Å². The van der Waals surface area contributed by atoms with Gasteiger partial charge in [0.15, 0.2) is 5.11 Å². The molecule has 2 N–H and O–H groups in total. The van der Waals surface area contributed by atoms with Gasteiger partial charge in [0, 0.05) is 18.8 Å². The van der Waals surface area contributed by atoms with E-state index in [1.165, 1.54) is 11.1 Å². The minimum atomic E-state index is 0.309. The number of benzene rings is 1. The summed E-state index contributed by atoms with van der Waals surface area (Å²) in [6.07, 6.45) is 2.59. The first-order valence-electron chi connectivity index (χ1n) is 6.39. The first-order valence-corrected chi connectivity index (χ1v) is 6.79. The number of rotatable bonds is 3. The summed E-state index contributed by atoms with van der Waals surface area (Å²) in [5.41, 5.74) is 3.53. The number of anilines is 1. The van der Waals surface area contributed by atoms with Gasteiger partial charge in [-0.2, -0.15) is 0 Å². The zero-order valence-electron chi connectivity index (χ0n) is 11.0. The largest absolute Gasteiger partial charge is 0.376 e. The molecule has 1 fully saturated rings. The molecule has 1 aromatic rings. The number of hydrogen-bond acceptors (Lipinski definition) is 2. The predicted octanol–water partition coefficient (Wildman–Crippen LogP) is 2.77. The molecule has 0 radical (unpaired) electrons. The van der Waals surface area contributed by atoms with E-state index in [1.807, 2.05) is 0 Å². The van der Waals surface area contributed by atoms with E-state index < -0.39 is 0 Å². The molecule has 1 heterocycles. The van der Waals surface area contributed by atoms with E-state index in [1.54, 1.807) is 0 Å². The van der Waals surface area contributed by atoms with Crippen LogP contribution in [0.3, 0.4) is 0 Å². The summed E-state index contributed by atoms with van der Waals surface area (Å²) in [7, 11) is 0. The molecular weight excluding hydrogens is 244 g/mol. The third kappa shape index (κ3) is 3.68. The molecule has 1 saturated heterocycles. The van der Waals surface area contributed by atoms with Gasteiger partial charge in [0.2, 0.25) is 0 Å². The van der Waals surface area contributed by atoms with Gasteiger partial charge in [-0.15, -0.1) is 0 Å². The van der Waals surface area contributed by atoms with Crippen LogP contribution in [0.5, 0.6) is 0 Å². The van der Waals surface area contributed by atoms with Crippen LogP contribution in [0.4, 0.5) is 5.69 Å². The third-order valence-electron chi connectivity index (χ3n) is 3.14. The predicted molar refractivity (Wildman–Crippen MR) is 79.1 cm³/mol. The van der Waals surface area contributed by atoms with Crippen molar-refractivity contribution in [2.75, 3.05) is 18.5 Å². The Bertz CT molecular complexity index is 428. The van der Waals surface area contributed by atoms with Gasteiger partial charge in [-0.05, 0) is 50.5 Å². The van der Waals surface area contributed by atoms with Gasteiger partial charge in [0.05, 0.1) is 6.10 Å². The van der Waals surface area contributed by atoms with Crippen molar-refractivity contribution in [3.05, 3.63) is 29.3 Å². The van der Waals surface area contributed by atoms with Crippen LogP contribution in [-0.4, -0.2) is 24.4 Å². The standard InChI is InChI=1S/C14H20N2OS/c1-10-5-6-13(11(2)8-10)16-14(18)15-9-12-4-3-7-17-12/h5-6,8,12H,3-4,7,9H2,1-2H3,(H2,15,16,18)/t12-/m0/s1. The van der Waals surface area contributed by atoms with Crippen LogP contribution in [0.1, 0.15) is 24.0 Å². The lowest BCUT2D eigenvalue weighted by Gasteiger charge is -2.15. The van der Waals surface area contributed by atoms with E-state index in [0.29, 0.717) is 11.2 Å². The molecule has 0 spiro atoms. The molecule has 3 nitrogen and oxygen atoms in total. The molecule has 0 amide bonds. The third-order valence-corrected chi connectivity index (χ3v) is 3.39. The van der Waals surface area contributed by atoms with Crippen molar-refractivity contribution in [3.63, 3.8) is 0 Å². The highest BCUT2D eigenvalue weighted by molar-refractivity contribution is 7.80.